The van der Waals surface area contributed by atoms with Crippen molar-refractivity contribution < 1.29 is 14.6 Å². The van der Waals surface area contributed by atoms with Crippen LogP contribution in [0.15, 0.2) is 11.4 Å². The molecule has 0 bridgehead atoms. The van der Waals surface area contributed by atoms with Crippen LogP contribution in [0.25, 0.3) is 0 Å². The molecule has 1 aromatic rings. The fraction of sp³-hybridized carbons (Fsp3) is 0.667. The standard InChI is InChI=1S/C12H18N2O3S/c1-3-8-6-13-12(18-7-11(15)16)14(8)9-4-10(5-9)17-2/h6,9-10H,3-5,7H2,1-2H3,(H,15,16). The molecule has 1 saturated carbocycles. The van der Waals surface area contributed by atoms with Gasteiger partial charge in [0.2, 0.25) is 0 Å². The molecule has 0 atom stereocenters. The molecule has 100 valence electrons. The van der Waals surface area contributed by atoms with Gasteiger partial charge in [0.15, 0.2) is 5.16 Å². The highest BCUT2D eigenvalue weighted by molar-refractivity contribution is 7.99. The molecule has 1 aromatic heterocycles. The number of hydrogen-bond acceptors (Lipinski definition) is 4. The largest absolute Gasteiger partial charge is 0.481 e. The van der Waals surface area contributed by atoms with Gasteiger partial charge in [0.05, 0.1) is 11.9 Å². The number of imidazole rings is 1. The molecule has 0 radical (unpaired) electrons. The minimum Gasteiger partial charge on any atom is -0.481 e. The minimum atomic E-state index is -0.809. The lowest BCUT2D eigenvalue weighted by Crippen LogP contribution is -2.33. The van der Waals surface area contributed by atoms with Crippen LogP contribution < -0.4 is 0 Å². The zero-order valence-corrected chi connectivity index (χ0v) is 11.4. The van der Waals surface area contributed by atoms with Crippen molar-refractivity contribution in [2.75, 3.05) is 12.9 Å². The zero-order chi connectivity index (χ0) is 13.1. The topological polar surface area (TPSA) is 64.3 Å². The van der Waals surface area contributed by atoms with E-state index in [1.54, 1.807) is 7.11 Å². The van der Waals surface area contributed by atoms with Gasteiger partial charge >= 0.3 is 5.97 Å². The van der Waals surface area contributed by atoms with Gasteiger partial charge in [0.1, 0.15) is 0 Å². The Morgan fingerprint density at radius 1 is 1.67 bits per heavy atom. The molecule has 1 heterocycles. The second-order valence-corrected chi connectivity index (χ2v) is 5.36. The quantitative estimate of drug-likeness (QED) is 0.801. The number of rotatable bonds is 6. The lowest BCUT2D eigenvalue weighted by molar-refractivity contribution is -0.133. The summed E-state index contributed by atoms with van der Waals surface area (Å²) in [7, 11) is 1.73. The smallest absolute Gasteiger partial charge is 0.313 e. The summed E-state index contributed by atoms with van der Waals surface area (Å²) in [6, 6.07) is 0.406. The summed E-state index contributed by atoms with van der Waals surface area (Å²) in [5.41, 5.74) is 1.17. The molecule has 1 fully saturated rings. The molecule has 18 heavy (non-hydrogen) atoms. The Bertz CT molecular complexity index is 427. The molecule has 1 N–H and O–H groups in total. The Balaban J connectivity index is 2.10. The lowest BCUT2D eigenvalue weighted by atomic mass is 9.89. The summed E-state index contributed by atoms with van der Waals surface area (Å²) < 4.78 is 7.48. The number of aromatic nitrogens is 2. The van der Waals surface area contributed by atoms with Gasteiger partial charge in [-0.3, -0.25) is 4.79 Å². The first-order chi connectivity index (χ1) is 8.65. The number of hydrogen-bond donors (Lipinski definition) is 1. The molecule has 0 aliphatic heterocycles. The molecule has 5 nitrogen and oxygen atoms in total. The maximum atomic E-state index is 10.6. The van der Waals surface area contributed by atoms with Crippen molar-refractivity contribution in [3.63, 3.8) is 0 Å². The average Bonchev–Trinajstić information content (AvgIpc) is 2.68. The van der Waals surface area contributed by atoms with E-state index in [1.807, 2.05) is 6.20 Å². The molecule has 1 aliphatic carbocycles. The second-order valence-electron chi connectivity index (χ2n) is 4.42. The molecule has 0 aromatic carbocycles. The van der Waals surface area contributed by atoms with Gasteiger partial charge < -0.3 is 14.4 Å². The molecule has 0 saturated heterocycles. The maximum absolute atomic E-state index is 10.6. The van der Waals surface area contributed by atoms with Crippen LogP contribution in [0, 0.1) is 0 Å². The van der Waals surface area contributed by atoms with E-state index in [9.17, 15) is 4.79 Å². The van der Waals surface area contributed by atoms with Crippen LogP contribution in [0.2, 0.25) is 0 Å². The van der Waals surface area contributed by atoms with E-state index in [1.165, 1.54) is 17.5 Å². The van der Waals surface area contributed by atoms with Crippen LogP contribution in [0.3, 0.4) is 0 Å². The highest BCUT2D eigenvalue weighted by atomic mass is 32.2. The summed E-state index contributed by atoms with van der Waals surface area (Å²) in [6.07, 6.45) is 5.07. The summed E-state index contributed by atoms with van der Waals surface area (Å²) >= 11 is 1.29. The number of aryl methyl sites for hydroxylation is 1. The Hall–Kier alpha value is -1.01. The van der Waals surface area contributed by atoms with E-state index < -0.39 is 5.97 Å². The van der Waals surface area contributed by atoms with Crippen molar-refractivity contribution in [1.82, 2.24) is 9.55 Å². The van der Waals surface area contributed by atoms with Gasteiger partial charge in [-0.15, -0.1) is 0 Å². The molecule has 0 spiro atoms. The van der Waals surface area contributed by atoms with Crippen molar-refractivity contribution in [1.29, 1.82) is 0 Å². The van der Waals surface area contributed by atoms with Crippen LogP contribution in [-0.4, -0.2) is 39.6 Å². The van der Waals surface area contributed by atoms with E-state index in [2.05, 4.69) is 16.5 Å². The van der Waals surface area contributed by atoms with Crippen molar-refractivity contribution >= 4 is 17.7 Å². The third-order valence-electron chi connectivity index (χ3n) is 3.29. The van der Waals surface area contributed by atoms with E-state index in [0.29, 0.717) is 12.1 Å². The predicted octanol–water partition coefficient (Wildman–Crippen LogP) is 1.97. The van der Waals surface area contributed by atoms with Crippen LogP contribution in [-0.2, 0) is 16.0 Å². The van der Waals surface area contributed by atoms with E-state index in [-0.39, 0.29) is 5.75 Å². The van der Waals surface area contributed by atoms with Gasteiger partial charge in [-0.2, -0.15) is 0 Å². The monoisotopic (exact) mass is 270 g/mol. The summed E-state index contributed by atoms with van der Waals surface area (Å²) in [5.74, 6) is -0.753. The first-order valence-electron chi connectivity index (χ1n) is 6.09. The number of nitrogens with zero attached hydrogens (tertiary/aromatic N) is 2. The Morgan fingerprint density at radius 2 is 2.39 bits per heavy atom. The van der Waals surface area contributed by atoms with Gasteiger partial charge in [-0.1, -0.05) is 18.7 Å². The van der Waals surface area contributed by atoms with Crippen molar-refractivity contribution in [2.24, 2.45) is 0 Å². The number of thioether (sulfide) groups is 1. The number of ether oxygens (including phenoxy) is 1. The fourth-order valence-electron chi connectivity index (χ4n) is 2.20. The van der Waals surface area contributed by atoms with Crippen molar-refractivity contribution in [3.8, 4) is 0 Å². The van der Waals surface area contributed by atoms with Crippen molar-refractivity contribution in [2.45, 2.75) is 43.5 Å². The number of aliphatic carboxylic acids is 1. The zero-order valence-electron chi connectivity index (χ0n) is 10.6. The molecule has 2 rings (SSSR count). The summed E-state index contributed by atoms with van der Waals surface area (Å²) in [6.45, 7) is 2.09. The number of carbonyl (C=O) groups is 1. The van der Waals surface area contributed by atoms with Gasteiger partial charge in [-0.25, -0.2) is 4.98 Å². The number of methoxy groups -OCH3 is 1. The molecule has 6 heteroatoms. The molecular weight excluding hydrogens is 252 g/mol. The average molecular weight is 270 g/mol. The Morgan fingerprint density at radius 3 is 2.94 bits per heavy atom. The first-order valence-corrected chi connectivity index (χ1v) is 7.07. The molecule has 0 unspecified atom stereocenters. The Kier molecular flexibility index (Phi) is 4.29. The van der Waals surface area contributed by atoms with E-state index in [4.69, 9.17) is 9.84 Å². The number of carboxylic acids is 1. The highest BCUT2D eigenvalue weighted by Gasteiger charge is 2.33. The summed E-state index contributed by atoms with van der Waals surface area (Å²) in [5, 5.41) is 9.56. The lowest BCUT2D eigenvalue weighted by Gasteiger charge is -2.36. The molecule has 0 amide bonds. The summed E-state index contributed by atoms with van der Waals surface area (Å²) in [4.78, 5) is 15.0. The SMILES string of the molecule is CCc1cnc(SCC(=O)O)n1C1CC(OC)C1. The maximum Gasteiger partial charge on any atom is 0.313 e. The van der Waals surface area contributed by atoms with Crippen LogP contribution in [0.5, 0.6) is 0 Å². The van der Waals surface area contributed by atoms with Crippen LogP contribution >= 0.6 is 11.8 Å². The fourth-order valence-corrected chi connectivity index (χ4v) is 2.99. The molecular formula is C12H18N2O3S. The van der Waals surface area contributed by atoms with Crippen LogP contribution in [0.4, 0.5) is 0 Å². The third-order valence-corrected chi connectivity index (χ3v) is 4.25. The number of carboxylic acid groups (broad SMARTS) is 1. The highest BCUT2D eigenvalue weighted by Crippen LogP contribution is 2.38. The van der Waals surface area contributed by atoms with Gasteiger partial charge in [0, 0.05) is 25.0 Å². The van der Waals surface area contributed by atoms with E-state index in [0.717, 1.165) is 24.4 Å². The normalized spacial score (nSPS) is 22.8. The van der Waals surface area contributed by atoms with Gasteiger partial charge in [0.25, 0.3) is 0 Å². The van der Waals surface area contributed by atoms with E-state index >= 15 is 0 Å². The van der Waals surface area contributed by atoms with Crippen LogP contribution in [0.1, 0.15) is 31.5 Å². The molecule has 1 aliphatic rings. The second kappa shape index (κ2) is 5.75. The van der Waals surface area contributed by atoms with Gasteiger partial charge in [-0.05, 0) is 19.3 Å². The first kappa shape index (κ1) is 13.4. The predicted molar refractivity (Wildman–Crippen MR) is 69.0 cm³/mol. The van der Waals surface area contributed by atoms with Crippen molar-refractivity contribution in [3.05, 3.63) is 11.9 Å². The third kappa shape index (κ3) is 2.70. The minimum absolute atomic E-state index is 0.0561. The Labute approximate surface area is 111 Å².